The van der Waals surface area contributed by atoms with Gasteiger partial charge in [0.05, 0.1) is 36.1 Å². The molecular formula is C39H50N2O9S2. The SMILES string of the molecule is CC1=C[C@H]2C(=O)C3CCCC4O[C@@H]5O[C@H](CO)[C@@H](O)[C@](O)(C[C@@]67CCC[C@H]6C6=CCC8=C6C6C(NCCC67)N[C@H]8SSC[C@@]2(C(=O)C43)C(O)=C1)[C@H]5O. The number of ether oxygens (including phenoxy) is 2. The molecule has 0 radical (unpaired) electrons. The standard InChI is InChI=1S/C39H50N2O9S2/c1-17-12-23-30(44)19-4-2-6-24-28(19)32(46)38(23,26(43)13-17)16-51-52-35-20-8-7-18-21-5-3-10-37(21,22-9-11-40-34(41-35)29(22)27(18)20)15-39(48)31(45)25(14-42)50-36(49-24)33(39)47/h7,12-13,19,21-25,28-29,31,33-36,40-43,45,47-48H,2-6,8-11,14-16H2,1H3/t19?,21-,22?,23-,24?,25+,28?,29?,31+,33-,34?,35-,36+,37-,38-,39+/m0/s1. The molecule has 13 heteroatoms. The van der Waals surface area contributed by atoms with Crippen LogP contribution in [0.1, 0.15) is 64.7 Å². The van der Waals surface area contributed by atoms with Crippen molar-refractivity contribution >= 4 is 33.2 Å². The molecule has 12 bridgehead atoms. The van der Waals surface area contributed by atoms with Crippen molar-refractivity contribution in [2.75, 3.05) is 18.9 Å². The van der Waals surface area contributed by atoms with Crippen LogP contribution in [0, 0.1) is 46.3 Å². The number of piperidine rings is 1. The van der Waals surface area contributed by atoms with E-state index in [1.807, 2.05) is 13.0 Å². The summed E-state index contributed by atoms with van der Waals surface area (Å²) in [6.45, 7) is 2.02. The second kappa shape index (κ2) is 12.2. The summed E-state index contributed by atoms with van der Waals surface area (Å²) < 4.78 is 12.7. The average Bonchev–Trinajstić information content (AvgIpc) is 3.77. The number of aliphatic hydroxyl groups excluding tert-OH is 4. The molecule has 282 valence electrons. The Kier molecular flexibility index (Phi) is 8.22. The molecule has 6 unspecified atom stereocenters. The van der Waals surface area contributed by atoms with E-state index in [9.17, 15) is 30.3 Å². The highest BCUT2D eigenvalue weighted by Gasteiger charge is 2.68. The number of Topliss-reactive ketones (excluding diaryl/α,β-unsaturated/α-hetero) is 2. The van der Waals surface area contributed by atoms with Crippen molar-refractivity contribution in [3.8, 4) is 0 Å². The number of rotatable bonds is 1. The van der Waals surface area contributed by atoms with Gasteiger partial charge in [-0.1, -0.05) is 52.2 Å². The lowest BCUT2D eigenvalue weighted by atomic mass is 9.48. The van der Waals surface area contributed by atoms with Crippen LogP contribution in [0.2, 0.25) is 0 Å². The molecule has 11 aliphatic rings. The molecule has 2 spiro atoms. The van der Waals surface area contributed by atoms with E-state index < -0.39 is 71.5 Å². The maximum atomic E-state index is 15.1. The maximum absolute atomic E-state index is 15.1. The van der Waals surface area contributed by atoms with Crippen LogP contribution in [-0.2, 0) is 19.1 Å². The highest BCUT2D eigenvalue weighted by molar-refractivity contribution is 8.77. The highest BCUT2D eigenvalue weighted by Crippen LogP contribution is 2.69. The van der Waals surface area contributed by atoms with Gasteiger partial charge in [-0.25, -0.2) is 0 Å². The van der Waals surface area contributed by atoms with E-state index >= 15 is 4.79 Å². The van der Waals surface area contributed by atoms with Gasteiger partial charge in [0, 0.05) is 17.6 Å². The minimum absolute atomic E-state index is 0.0315. The molecule has 0 aromatic rings. The Morgan fingerprint density at radius 2 is 1.90 bits per heavy atom. The lowest BCUT2D eigenvalue weighted by Gasteiger charge is -2.61. The predicted molar refractivity (Wildman–Crippen MR) is 193 cm³/mol. The number of hydrogen-bond donors (Lipinski definition) is 7. The summed E-state index contributed by atoms with van der Waals surface area (Å²) in [5, 5.41) is 66.9. The Hall–Kier alpha value is -1.52. The molecule has 4 saturated carbocycles. The van der Waals surface area contributed by atoms with Gasteiger partial charge in [0.2, 0.25) is 0 Å². The van der Waals surface area contributed by atoms with Crippen molar-refractivity contribution in [1.29, 1.82) is 0 Å². The van der Waals surface area contributed by atoms with Crippen LogP contribution >= 0.6 is 21.6 Å². The van der Waals surface area contributed by atoms with E-state index in [0.29, 0.717) is 19.3 Å². The molecule has 0 aromatic carbocycles. The first-order chi connectivity index (χ1) is 25.0. The predicted octanol–water partition coefficient (Wildman–Crippen LogP) is 2.81. The van der Waals surface area contributed by atoms with Crippen molar-refractivity contribution in [2.45, 2.75) is 113 Å². The Morgan fingerprint density at radius 1 is 1.06 bits per heavy atom. The lowest BCUT2D eigenvalue weighted by molar-refractivity contribution is -0.351. The number of fused-ring (bicyclic) bond motifs is 2. The molecule has 7 N–H and O–H groups in total. The molecule has 0 amide bonds. The number of carbonyl (C=O) groups excluding carboxylic acids is 2. The normalized spacial score (nSPS) is 52.3. The van der Waals surface area contributed by atoms with E-state index in [-0.39, 0.29) is 58.8 Å². The monoisotopic (exact) mass is 754 g/mol. The van der Waals surface area contributed by atoms with Gasteiger partial charge < -0.3 is 40.3 Å². The maximum Gasteiger partial charge on any atom is 0.187 e. The summed E-state index contributed by atoms with van der Waals surface area (Å²) in [7, 11) is 3.22. The first kappa shape index (κ1) is 34.9. The minimum atomic E-state index is -2.08. The zero-order valence-electron chi connectivity index (χ0n) is 29.4. The number of ketones is 2. The third-order valence-electron chi connectivity index (χ3n) is 15.3. The van der Waals surface area contributed by atoms with Crippen molar-refractivity contribution < 1.29 is 44.6 Å². The van der Waals surface area contributed by atoms with Gasteiger partial charge >= 0.3 is 0 Å². The fraction of sp³-hybridized carbons (Fsp3) is 0.744. The zero-order chi connectivity index (χ0) is 35.9. The second-order valence-corrected chi connectivity index (χ2v) is 19.9. The summed E-state index contributed by atoms with van der Waals surface area (Å²) in [6.07, 6.45) is 5.16. The molecule has 7 fully saturated rings. The van der Waals surface area contributed by atoms with E-state index in [1.165, 1.54) is 27.5 Å². The van der Waals surface area contributed by atoms with Crippen LogP contribution in [-0.4, -0.2) is 104 Å². The molecule has 3 saturated heterocycles. The molecular weight excluding hydrogens is 705 g/mol. The largest absolute Gasteiger partial charge is 0.511 e. The van der Waals surface area contributed by atoms with Crippen LogP contribution in [0.25, 0.3) is 0 Å². The zero-order valence-corrected chi connectivity index (χ0v) is 31.0. The van der Waals surface area contributed by atoms with Crippen LogP contribution in [0.5, 0.6) is 0 Å². The van der Waals surface area contributed by atoms with Crippen molar-refractivity contribution in [3.63, 3.8) is 0 Å². The van der Waals surface area contributed by atoms with Crippen LogP contribution in [0.15, 0.2) is 46.3 Å². The Bertz CT molecular complexity index is 1710. The molecule has 11 nitrogen and oxygen atoms in total. The van der Waals surface area contributed by atoms with Gasteiger partial charge in [-0.3, -0.25) is 14.9 Å². The molecule has 6 aliphatic carbocycles. The van der Waals surface area contributed by atoms with E-state index in [0.717, 1.165) is 44.2 Å². The minimum Gasteiger partial charge on any atom is -0.511 e. The van der Waals surface area contributed by atoms with Crippen molar-refractivity contribution in [3.05, 3.63) is 46.3 Å². The molecule has 0 aromatic heterocycles. The van der Waals surface area contributed by atoms with Gasteiger partial charge in [-0.05, 0) is 98.5 Å². The van der Waals surface area contributed by atoms with Gasteiger partial charge in [0.15, 0.2) is 12.1 Å². The Labute approximate surface area is 311 Å². The first-order valence-electron chi connectivity index (χ1n) is 19.4. The van der Waals surface area contributed by atoms with E-state index in [4.69, 9.17) is 9.47 Å². The Morgan fingerprint density at radius 3 is 2.73 bits per heavy atom. The van der Waals surface area contributed by atoms with Gasteiger partial charge in [0.1, 0.15) is 40.9 Å². The Balaban J connectivity index is 1.14. The van der Waals surface area contributed by atoms with Crippen LogP contribution < -0.4 is 10.6 Å². The fourth-order valence-corrected chi connectivity index (χ4v) is 16.2. The average molecular weight is 755 g/mol. The lowest BCUT2D eigenvalue weighted by Crippen LogP contribution is -2.71. The van der Waals surface area contributed by atoms with Crippen molar-refractivity contribution in [1.82, 2.24) is 10.6 Å². The second-order valence-electron chi connectivity index (χ2n) is 17.4. The molecule has 11 rings (SSSR count). The van der Waals surface area contributed by atoms with Crippen LogP contribution in [0.3, 0.4) is 0 Å². The molecule has 52 heavy (non-hydrogen) atoms. The van der Waals surface area contributed by atoms with Gasteiger partial charge in [-0.15, -0.1) is 0 Å². The quantitative estimate of drug-likeness (QED) is 0.195. The van der Waals surface area contributed by atoms with E-state index in [1.54, 1.807) is 16.9 Å². The smallest absolute Gasteiger partial charge is 0.187 e. The number of nitrogens with one attached hydrogen (secondary N) is 2. The molecule has 16 atom stereocenters. The third kappa shape index (κ3) is 4.52. The summed E-state index contributed by atoms with van der Waals surface area (Å²) in [5.74, 6) is -2.07. The summed E-state index contributed by atoms with van der Waals surface area (Å²) in [6, 6.07) is 0. The van der Waals surface area contributed by atoms with E-state index in [2.05, 4.69) is 16.7 Å². The summed E-state index contributed by atoms with van der Waals surface area (Å²) in [4.78, 5) is 29.7. The van der Waals surface area contributed by atoms with Crippen LogP contribution in [0.4, 0.5) is 0 Å². The molecule has 5 heterocycles. The highest BCUT2D eigenvalue weighted by atomic mass is 33.1. The number of hydrogen-bond acceptors (Lipinski definition) is 13. The topological polar surface area (TPSA) is 178 Å². The van der Waals surface area contributed by atoms with Crippen molar-refractivity contribution in [2.24, 2.45) is 46.3 Å². The van der Waals surface area contributed by atoms with Gasteiger partial charge in [-0.2, -0.15) is 0 Å². The number of carbonyl (C=O) groups is 2. The number of allylic oxidation sites excluding steroid dienone is 6. The molecule has 5 aliphatic heterocycles. The van der Waals surface area contributed by atoms with Gasteiger partial charge in [0.25, 0.3) is 0 Å². The summed E-state index contributed by atoms with van der Waals surface area (Å²) in [5.41, 5.74) is 0.865. The first-order valence-corrected chi connectivity index (χ1v) is 21.8. The number of aliphatic hydroxyl groups is 5. The third-order valence-corrected chi connectivity index (χ3v) is 17.9. The fourth-order valence-electron chi connectivity index (χ4n) is 13.1. The summed E-state index contributed by atoms with van der Waals surface area (Å²) >= 11 is 0.